The number of hydrogen-bond acceptors (Lipinski definition) is 1. The highest BCUT2D eigenvalue weighted by atomic mass is 19.4. The highest BCUT2D eigenvalue weighted by molar-refractivity contribution is 6.14. The van der Waals surface area contributed by atoms with Gasteiger partial charge in [0.25, 0.3) is 0 Å². The molecule has 0 aliphatic rings. The molecule has 0 spiro atoms. The summed E-state index contributed by atoms with van der Waals surface area (Å²) in [5.41, 5.74) is 12.3. The summed E-state index contributed by atoms with van der Waals surface area (Å²) in [6.07, 6.45) is -10.3. The number of nitriles is 1. The zero-order valence-electron chi connectivity index (χ0n) is 41.7. The Kier molecular flexibility index (Phi) is 11.4. The maximum atomic E-state index is 15.3. The average molecular weight is 1010 g/mol. The Morgan fingerprint density at radius 2 is 0.684 bits per heavy atom. The van der Waals surface area contributed by atoms with E-state index in [1.54, 1.807) is 12.1 Å². The van der Waals surface area contributed by atoms with Gasteiger partial charge in [-0.15, -0.1) is 0 Å². The summed E-state index contributed by atoms with van der Waals surface area (Å²) in [5, 5.41) is 14.6. The molecule has 12 aromatic rings. The highest BCUT2D eigenvalue weighted by Gasteiger charge is 2.39. The predicted octanol–water partition coefficient (Wildman–Crippen LogP) is 19.4. The van der Waals surface area contributed by atoms with Crippen LogP contribution in [0.2, 0.25) is 0 Å². The first kappa shape index (κ1) is 47.8. The molecule has 2 aromatic heterocycles. The lowest BCUT2D eigenvalue weighted by Gasteiger charge is -2.21. The molecule has 0 atom stereocenters. The summed E-state index contributed by atoms with van der Waals surface area (Å²) >= 11 is 0. The first-order valence-electron chi connectivity index (χ1n) is 24.8. The van der Waals surface area contributed by atoms with Crippen LogP contribution in [-0.2, 0) is 12.4 Å². The molecule has 76 heavy (non-hydrogen) atoms. The smallest absolute Gasteiger partial charge is 0.307 e. The van der Waals surface area contributed by atoms with Crippen LogP contribution in [0.5, 0.6) is 0 Å². The molecule has 0 saturated carbocycles. The van der Waals surface area contributed by atoms with Crippen molar-refractivity contribution in [1.29, 1.82) is 5.26 Å². The minimum absolute atomic E-state index is 0.134. The van der Waals surface area contributed by atoms with Crippen LogP contribution in [0.4, 0.5) is 26.3 Å². The summed E-state index contributed by atoms with van der Waals surface area (Å²) in [5.74, 6) is 0. The van der Waals surface area contributed by atoms with Crippen LogP contribution in [0, 0.1) is 39.0 Å². The molecule has 0 aliphatic carbocycles. The van der Waals surface area contributed by atoms with Crippen molar-refractivity contribution in [3.63, 3.8) is 0 Å². The van der Waals surface area contributed by atoms with E-state index >= 15 is 13.2 Å². The number of fused-ring (bicyclic) bond motifs is 6. The Bertz CT molecular complexity index is 4180. The van der Waals surface area contributed by atoms with Gasteiger partial charge >= 0.3 is 12.4 Å². The van der Waals surface area contributed by atoms with Gasteiger partial charge in [-0.1, -0.05) is 150 Å². The van der Waals surface area contributed by atoms with E-state index in [0.717, 1.165) is 116 Å². The lowest BCUT2D eigenvalue weighted by atomic mass is 9.92. The molecular formula is C67H45F6N3. The van der Waals surface area contributed by atoms with Crippen LogP contribution in [0.25, 0.3) is 111 Å². The molecule has 0 N–H and O–H groups in total. The summed E-state index contributed by atoms with van der Waals surface area (Å²) in [7, 11) is 0. The fraction of sp³-hybridized carbons (Fsp3) is 0.0896. The minimum Gasteiger partial charge on any atom is -0.307 e. The fourth-order valence-electron chi connectivity index (χ4n) is 11.0. The van der Waals surface area contributed by atoms with Crippen molar-refractivity contribution in [3.8, 4) is 73.1 Å². The van der Waals surface area contributed by atoms with Crippen molar-refractivity contribution in [2.24, 2.45) is 0 Å². The van der Waals surface area contributed by atoms with Crippen molar-refractivity contribution in [2.45, 2.75) is 40.0 Å². The summed E-state index contributed by atoms with van der Waals surface area (Å²) in [4.78, 5) is 0. The van der Waals surface area contributed by atoms with Gasteiger partial charge in [-0.25, -0.2) is 0 Å². The number of aryl methyl sites for hydroxylation is 4. The van der Waals surface area contributed by atoms with Gasteiger partial charge in [-0.2, -0.15) is 31.6 Å². The van der Waals surface area contributed by atoms with Crippen molar-refractivity contribution in [1.82, 2.24) is 9.13 Å². The third-order valence-corrected chi connectivity index (χ3v) is 14.6. The van der Waals surface area contributed by atoms with Gasteiger partial charge in [-0.05, 0) is 151 Å². The van der Waals surface area contributed by atoms with Gasteiger partial charge in [0, 0.05) is 27.1 Å². The third-order valence-electron chi connectivity index (χ3n) is 14.6. The monoisotopic (exact) mass is 1010 g/mol. The lowest BCUT2D eigenvalue weighted by molar-refractivity contribution is -0.142. The van der Waals surface area contributed by atoms with E-state index in [2.05, 4.69) is 83.4 Å². The standard InChI is InChI=1S/C67H45F6N3/c1-39-9-5-13-43(27-39)47-17-23-60-55(31-47)56-32-48(44-14-6-10-40(2)28-44)18-24-61(56)75(60)64-35-51(38-74)54(53-22-21-52(66(68,69)70)36-59(53)67(71,72)73)37-65(64)76-62-25-19-49(45-15-7-11-41(3)29-45)33-57(62)58-34-50(20-26-63(58)76)46-16-8-12-42(4)30-46/h5-37H,1-4H3. The Morgan fingerprint density at radius 1 is 0.342 bits per heavy atom. The van der Waals surface area contributed by atoms with Crippen LogP contribution < -0.4 is 0 Å². The van der Waals surface area contributed by atoms with E-state index in [1.807, 2.05) is 129 Å². The van der Waals surface area contributed by atoms with Crippen LogP contribution in [0.15, 0.2) is 200 Å². The maximum Gasteiger partial charge on any atom is 0.417 e. The summed E-state index contributed by atoms with van der Waals surface area (Å²) in [6.45, 7) is 8.16. The van der Waals surface area contributed by atoms with Crippen LogP contribution in [0.1, 0.15) is 38.9 Å². The number of benzene rings is 10. The SMILES string of the molecule is Cc1cccc(-c2ccc3c(c2)c2cc(-c4cccc(C)c4)ccc2n3-c2cc(C#N)c(-c3ccc(C(F)(F)F)cc3C(F)(F)F)cc2-n2c3ccc(-c4cccc(C)c4)cc3c3cc(-c4cccc(C)c4)ccc32)c1. The van der Waals surface area contributed by atoms with Gasteiger partial charge < -0.3 is 9.13 Å². The largest absolute Gasteiger partial charge is 0.417 e. The molecule has 0 radical (unpaired) electrons. The molecule has 370 valence electrons. The van der Waals surface area contributed by atoms with Gasteiger partial charge in [0.15, 0.2) is 0 Å². The number of halogens is 6. The van der Waals surface area contributed by atoms with Crippen LogP contribution in [0.3, 0.4) is 0 Å². The Morgan fingerprint density at radius 3 is 1.00 bits per heavy atom. The molecular weight excluding hydrogens is 961 g/mol. The zero-order chi connectivity index (χ0) is 52.8. The predicted molar refractivity (Wildman–Crippen MR) is 296 cm³/mol. The number of nitrogens with zero attached hydrogens (tertiary/aromatic N) is 3. The first-order chi connectivity index (χ1) is 36.5. The van der Waals surface area contributed by atoms with E-state index < -0.39 is 29.0 Å². The Labute approximate surface area is 434 Å². The second-order valence-corrected chi connectivity index (χ2v) is 19.8. The molecule has 0 fully saturated rings. The fourth-order valence-corrected chi connectivity index (χ4v) is 11.0. The number of hydrogen-bond donors (Lipinski definition) is 0. The molecule has 2 heterocycles. The molecule has 0 aliphatic heterocycles. The van der Waals surface area contributed by atoms with Crippen LogP contribution >= 0.6 is 0 Å². The Balaban J connectivity index is 1.23. The van der Waals surface area contributed by atoms with E-state index in [1.165, 1.54) is 0 Å². The number of rotatable bonds is 7. The molecule has 0 bridgehead atoms. The quantitative estimate of drug-likeness (QED) is 0.147. The minimum atomic E-state index is -5.22. The number of alkyl halides is 6. The summed E-state index contributed by atoms with van der Waals surface area (Å²) in [6, 6.07) is 64.7. The van der Waals surface area contributed by atoms with Gasteiger partial charge in [0.05, 0.1) is 56.2 Å². The topological polar surface area (TPSA) is 33.6 Å². The third kappa shape index (κ3) is 8.36. The van der Waals surface area contributed by atoms with Crippen molar-refractivity contribution in [2.75, 3.05) is 0 Å². The second kappa shape index (κ2) is 18.1. The van der Waals surface area contributed by atoms with Gasteiger partial charge in [0.2, 0.25) is 0 Å². The normalized spacial score (nSPS) is 12.1. The first-order valence-corrected chi connectivity index (χ1v) is 24.8. The maximum absolute atomic E-state index is 15.3. The van der Waals surface area contributed by atoms with E-state index in [4.69, 9.17) is 0 Å². The summed E-state index contributed by atoms with van der Waals surface area (Å²) < 4.78 is 92.6. The van der Waals surface area contributed by atoms with Crippen molar-refractivity contribution >= 4 is 43.6 Å². The molecule has 0 unspecified atom stereocenters. The highest BCUT2D eigenvalue weighted by Crippen LogP contribution is 2.47. The van der Waals surface area contributed by atoms with Crippen LogP contribution in [-0.4, -0.2) is 9.13 Å². The molecule has 10 aromatic carbocycles. The van der Waals surface area contributed by atoms with Crippen molar-refractivity contribution in [3.05, 3.63) is 239 Å². The Hall–Kier alpha value is -9.13. The van der Waals surface area contributed by atoms with Gasteiger partial charge in [-0.3, -0.25) is 0 Å². The second-order valence-electron chi connectivity index (χ2n) is 19.8. The van der Waals surface area contributed by atoms with E-state index in [-0.39, 0.29) is 17.2 Å². The van der Waals surface area contributed by atoms with Crippen molar-refractivity contribution < 1.29 is 26.3 Å². The van der Waals surface area contributed by atoms with Gasteiger partial charge in [0.1, 0.15) is 0 Å². The molecule has 3 nitrogen and oxygen atoms in total. The molecule has 0 saturated heterocycles. The van der Waals surface area contributed by atoms with E-state index in [0.29, 0.717) is 17.4 Å². The average Bonchev–Trinajstić information content (AvgIpc) is 4.14. The molecule has 12 rings (SSSR count). The lowest BCUT2D eigenvalue weighted by Crippen LogP contribution is -2.13. The number of aromatic nitrogens is 2. The molecule has 9 heteroatoms. The zero-order valence-corrected chi connectivity index (χ0v) is 41.7. The molecule has 0 amide bonds. The van der Waals surface area contributed by atoms with E-state index in [9.17, 15) is 18.4 Å².